The van der Waals surface area contributed by atoms with E-state index in [0.29, 0.717) is 6.04 Å². The summed E-state index contributed by atoms with van der Waals surface area (Å²) in [6, 6.07) is 6.22. The van der Waals surface area contributed by atoms with Gasteiger partial charge >= 0.3 is 0 Å². The lowest BCUT2D eigenvalue weighted by Crippen LogP contribution is -2.33. The van der Waals surface area contributed by atoms with Crippen LogP contribution in [0.3, 0.4) is 0 Å². The van der Waals surface area contributed by atoms with Crippen molar-refractivity contribution in [1.29, 1.82) is 0 Å². The minimum atomic E-state index is -0.510. The maximum atomic E-state index is 11.6. The second-order valence-electron chi connectivity index (χ2n) is 5.64. The van der Waals surface area contributed by atoms with E-state index in [1.807, 2.05) is 6.07 Å². The highest BCUT2D eigenvalue weighted by molar-refractivity contribution is 6.02. The topological polar surface area (TPSA) is 58.4 Å². The van der Waals surface area contributed by atoms with E-state index in [1.54, 1.807) is 0 Å². The highest BCUT2D eigenvalue weighted by Crippen LogP contribution is 2.34. The molecule has 0 aromatic heterocycles. The molecule has 4 heteroatoms. The molecule has 4 nitrogen and oxygen atoms in total. The largest absolute Gasteiger partial charge is 0.372 e. The van der Waals surface area contributed by atoms with E-state index in [2.05, 4.69) is 29.4 Å². The Labute approximate surface area is 114 Å². The Morgan fingerprint density at radius 3 is 2.74 bits per heavy atom. The lowest BCUT2D eigenvalue weighted by molar-refractivity contribution is -0.116. The van der Waals surface area contributed by atoms with E-state index in [0.717, 1.165) is 11.3 Å². The van der Waals surface area contributed by atoms with Gasteiger partial charge in [-0.3, -0.25) is 4.79 Å². The van der Waals surface area contributed by atoms with Gasteiger partial charge in [-0.25, -0.2) is 0 Å². The predicted molar refractivity (Wildman–Crippen MR) is 77.3 cm³/mol. The highest BCUT2D eigenvalue weighted by Gasteiger charge is 2.28. The maximum absolute atomic E-state index is 11.6. The zero-order valence-corrected chi connectivity index (χ0v) is 11.4. The molecule has 1 atom stereocenters. The first-order chi connectivity index (χ1) is 9.16. The summed E-state index contributed by atoms with van der Waals surface area (Å²) in [7, 11) is 2.15. The van der Waals surface area contributed by atoms with Gasteiger partial charge < -0.3 is 16.0 Å². The minimum Gasteiger partial charge on any atom is -0.372 e. The average molecular weight is 259 g/mol. The van der Waals surface area contributed by atoms with E-state index in [4.69, 9.17) is 5.73 Å². The molecule has 2 aliphatic rings. The molecule has 3 N–H and O–H groups in total. The molecule has 1 aromatic carbocycles. The number of amides is 1. The van der Waals surface area contributed by atoms with Crippen LogP contribution >= 0.6 is 0 Å². The second-order valence-corrected chi connectivity index (χ2v) is 5.64. The average Bonchev–Trinajstić information content (AvgIpc) is 2.74. The minimum absolute atomic E-state index is 0.104. The molecule has 1 aliphatic carbocycles. The van der Waals surface area contributed by atoms with E-state index in [9.17, 15) is 4.79 Å². The van der Waals surface area contributed by atoms with E-state index in [-0.39, 0.29) is 5.91 Å². The predicted octanol–water partition coefficient (Wildman–Crippen LogP) is 2.41. The Kier molecular flexibility index (Phi) is 3.19. The van der Waals surface area contributed by atoms with Gasteiger partial charge in [-0.05, 0) is 25.0 Å². The number of fused-ring (bicyclic) bond motifs is 1. The van der Waals surface area contributed by atoms with Gasteiger partial charge in [-0.15, -0.1) is 0 Å². The van der Waals surface area contributed by atoms with Crippen molar-refractivity contribution in [3.63, 3.8) is 0 Å². The molecule has 0 spiro atoms. The Bertz CT molecular complexity index is 494. The quantitative estimate of drug-likeness (QED) is 0.857. The number of hydrogen-bond donors (Lipinski definition) is 2. The molecule has 0 radical (unpaired) electrons. The Morgan fingerprint density at radius 2 is 2.00 bits per heavy atom. The van der Waals surface area contributed by atoms with Crippen molar-refractivity contribution in [2.45, 2.75) is 44.2 Å². The molecule has 0 bridgehead atoms. The molecule has 1 unspecified atom stereocenters. The summed E-state index contributed by atoms with van der Waals surface area (Å²) in [5.74, 6) is -0.104. The summed E-state index contributed by atoms with van der Waals surface area (Å²) in [6.07, 6.45) is 6.53. The van der Waals surface area contributed by atoms with Crippen molar-refractivity contribution in [2.75, 3.05) is 17.3 Å². The summed E-state index contributed by atoms with van der Waals surface area (Å²) in [4.78, 5) is 13.9. The Morgan fingerprint density at radius 1 is 1.26 bits per heavy atom. The standard InChI is InChI=1S/C15H21N3O/c1-18(10-5-3-2-4-6-10)11-7-8-12-13(9-11)17-15(19)14(12)16/h7-10,14H,2-6,16H2,1H3,(H,17,19). The zero-order valence-electron chi connectivity index (χ0n) is 11.4. The lowest BCUT2D eigenvalue weighted by atomic mass is 9.94. The summed E-state index contributed by atoms with van der Waals surface area (Å²) in [5, 5.41) is 2.85. The zero-order chi connectivity index (χ0) is 13.4. The van der Waals surface area contributed by atoms with Gasteiger partial charge in [-0.2, -0.15) is 0 Å². The SMILES string of the molecule is CN(c1ccc2c(c1)NC(=O)C2N)C1CCCCC1. The number of anilines is 2. The van der Waals surface area contributed by atoms with Crippen LogP contribution in [0.2, 0.25) is 0 Å². The normalized spacial score (nSPS) is 23.1. The fraction of sp³-hybridized carbons (Fsp3) is 0.533. The first-order valence-electron chi connectivity index (χ1n) is 7.10. The summed E-state index contributed by atoms with van der Waals surface area (Å²) in [5.41, 5.74) is 8.78. The van der Waals surface area contributed by atoms with E-state index < -0.39 is 6.04 Å². The molecule has 1 aromatic rings. The molecule has 1 fully saturated rings. The third-order valence-corrected chi connectivity index (χ3v) is 4.44. The number of carbonyl (C=O) groups excluding carboxylic acids is 1. The Balaban J connectivity index is 1.82. The van der Waals surface area contributed by atoms with Gasteiger partial charge in [0.25, 0.3) is 0 Å². The second kappa shape index (κ2) is 4.85. The first-order valence-corrected chi connectivity index (χ1v) is 7.10. The number of carbonyl (C=O) groups is 1. The third kappa shape index (κ3) is 2.21. The fourth-order valence-corrected chi connectivity index (χ4v) is 3.17. The van der Waals surface area contributed by atoms with E-state index in [1.165, 1.54) is 37.8 Å². The highest BCUT2D eigenvalue weighted by atomic mass is 16.2. The van der Waals surface area contributed by atoms with Crippen LogP contribution < -0.4 is 16.0 Å². The molecule has 19 heavy (non-hydrogen) atoms. The van der Waals surface area contributed by atoms with Crippen LogP contribution in [0, 0.1) is 0 Å². The molecule has 102 valence electrons. The third-order valence-electron chi connectivity index (χ3n) is 4.44. The van der Waals surface area contributed by atoms with Crippen LogP contribution in [0.15, 0.2) is 18.2 Å². The molecule has 0 saturated heterocycles. The van der Waals surface area contributed by atoms with Crippen molar-refractivity contribution in [1.82, 2.24) is 0 Å². The monoisotopic (exact) mass is 259 g/mol. The van der Waals surface area contributed by atoms with E-state index >= 15 is 0 Å². The molecule has 1 saturated carbocycles. The summed E-state index contributed by atoms with van der Waals surface area (Å²) < 4.78 is 0. The first kappa shape index (κ1) is 12.5. The van der Waals surface area contributed by atoms with Crippen LogP contribution in [-0.4, -0.2) is 19.0 Å². The number of rotatable bonds is 2. The van der Waals surface area contributed by atoms with Gasteiger partial charge in [0, 0.05) is 30.0 Å². The van der Waals surface area contributed by atoms with Crippen molar-refractivity contribution in [2.24, 2.45) is 5.73 Å². The van der Waals surface area contributed by atoms with Gasteiger partial charge in [0.15, 0.2) is 0 Å². The number of hydrogen-bond acceptors (Lipinski definition) is 3. The molecule has 1 amide bonds. The molecule has 1 aliphatic heterocycles. The van der Waals surface area contributed by atoms with Crippen LogP contribution in [0.4, 0.5) is 11.4 Å². The van der Waals surface area contributed by atoms with Crippen molar-refractivity contribution >= 4 is 17.3 Å². The lowest BCUT2D eigenvalue weighted by Gasteiger charge is -2.33. The smallest absolute Gasteiger partial charge is 0.245 e. The van der Waals surface area contributed by atoms with Crippen LogP contribution in [0.1, 0.15) is 43.7 Å². The molecular formula is C15H21N3O. The summed E-state index contributed by atoms with van der Waals surface area (Å²) >= 11 is 0. The number of nitrogens with one attached hydrogen (secondary N) is 1. The van der Waals surface area contributed by atoms with Gasteiger partial charge in [0.05, 0.1) is 0 Å². The summed E-state index contributed by atoms with van der Waals surface area (Å²) in [6.45, 7) is 0. The molecule has 3 rings (SSSR count). The van der Waals surface area contributed by atoms with Gasteiger partial charge in [-0.1, -0.05) is 25.3 Å². The van der Waals surface area contributed by atoms with Crippen LogP contribution in [0.5, 0.6) is 0 Å². The Hall–Kier alpha value is -1.55. The van der Waals surface area contributed by atoms with Crippen molar-refractivity contribution < 1.29 is 4.79 Å². The van der Waals surface area contributed by atoms with Crippen LogP contribution in [0.25, 0.3) is 0 Å². The number of benzene rings is 1. The van der Waals surface area contributed by atoms with Crippen molar-refractivity contribution in [3.05, 3.63) is 23.8 Å². The van der Waals surface area contributed by atoms with Gasteiger partial charge in [0.2, 0.25) is 5.91 Å². The van der Waals surface area contributed by atoms with Crippen LogP contribution in [-0.2, 0) is 4.79 Å². The number of nitrogens with zero attached hydrogens (tertiary/aromatic N) is 1. The number of nitrogens with two attached hydrogens (primary N) is 1. The fourth-order valence-electron chi connectivity index (χ4n) is 3.17. The van der Waals surface area contributed by atoms with Gasteiger partial charge in [0.1, 0.15) is 6.04 Å². The van der Waals surface area contributed by atoms with Crippen molar-refractivity contribution in [3.8, 4) is 0 Å². The molecule has 1 heterocycles. The molecular weight excluding hydrogens is 238 g/mol. The maximum Gasteiger partial charge on any atom is 0.245 e.